The van der Waals surface area contributed by atoms with E-state index >= 15 is 0 Å². The summed E-state index contributed by atoms with van der Waals surface area (Å²) < 4.78 is 23.3. The van der Waals surface area contributed by atoms with Crippen LogP contribution in [0.5, 0.6) is 0 Å². The van der Waals surface area contributed by atoms with E-state index in [2.05, 4.69) is 12.2 Å². The highest BCUT2D eigenvalue weighted by molar-refractivity contribution is 5.79. The molecule has 0 aromatic carbocycles. The first-order valence-corrected chi connectivity index (χ1v) is 7.30. The first kappa shape index (κ1) is 12.8. The largest absolute Gasteiger partial charge is 0.456 e. The van der Waals surface area contributed by atoms with Crippen LogP contribution >= 0.6 is 0 Å². The molecule has 5 heteroatoms. The van der Waals surface area contributed by atoms with Crippen LogP contribution in [0.4, 0.5) is 0 Å². The molecule has 3 fully saturated rings. The average molecular weight is 280 g/mol. The molecule has 4 rings (SSSR count). The van der Waals surface area contributed by atoms with Gasteiger partial charge in [0.2, 0.25) is 0 Å². The fraction of sp³-hybridized carbons (Fsp3) is 0.800. The molecule has 3 heterocycles. The van der Waals surface area contributed by atoms with Gasteiger partial charge in [0.05, 0.1) is 5.41 Å². The monoisotopic (exact) mass is 280 g/mol. The van der Waals surface area contributed by atoms with Crippen LogP contribution in [0.15, 0.2) is 12.2 Å². The van der Waals surface area contributed by atoms with Crippen LogP contribution in [-0.2, 0) is 23.7 Å². The molecule has 3 saturated heterocycles. The molecule has 4 aliphatic rings. The van der Waals surface area contributed by atoms with Crippen molar-refractivity contribution in [2.24, 2.45) is 11.3 Å². The van der Waals surface area contributed by atoms with Gasteiger partial charge in [0.15, 0.2) is 24.3 Å². The highest BCUT2D eigenvalue weighted by Crippen LogP contribution is 2.51. The maximum Gasteiger partial charge on any atom is 0.312 e. The summed E-state index contributed by atoms with van der Waals surface area (Å²) in [4.78, 5) is 12.4. The standard InChI is InChI=1S/C15H20O5/c1-14(2)19-11-10-9(17-12(11)20-14)8-6-4-5-7-15(8,3)13(16)18-10/h4,6,8-12H,5,7H2,1-3H3/t8-,9-,10+,11-,12-,15-/m1/s1. The predicted octanol–water partition coefficient (Wildman–Crippen LogP) is 1.76. The van der Waals surface area contributed by atoms with Crippen LogP contribution in [0.25, 0.3) is 0 Å². The summed E-state index contributed by atoms with van der Waals surface area (Å²) >= 11 is 0. The van der Waals surface area contributed by atoms with Gasteiger partial charge in [0.25, 0.3) is 0 Å². The number of ether oxygens (including phenoxy) is 4. The van der Waals surface area contributed by atoms with E-state index in [4.69, 9.17) is 18.9 Å². The number of rotatable bonds is 0. The summed E-state index contributed by atoms with van der Waals surface area (Å²) in [6.07, 6.45) is 4.66. The van der Waals surface area contributed by atoms with Crippen molar-refractivity contribution < 1.29 is 23.7 Å². The minimum absolute atomic E-state index is 0.0448. The average Bonchev–Trinajstić information content (AvgIpc) is 2.83. The van der Waals surface area contributed by atoms with E-state index in [1.807, 2.05) is 20.8 Å². The molecule has 0 saturated carbocycles. The van der Waals surface area contributed by atoms with Crippen molar-refractivity contribution in [2.75, 3.05) is 0 Å². The van der Waals surface area contributed by atoms with Crippen LogP contribution in [0.1, 0.15) is 33.6 Å². The van der Waals surface area contributed by atoms with Gasteiger partial charge in [-0.2, -0.15) is 0 Å². The zero-order valence-corrected chi connectivity index (χ0v) is 12.0. The van der Waals surface area contributed by atoms with Crippen LogP contribution in [0.3, 0.4) is 0 Å². The van der Waals surface area contributed by atoms with E-state index in [-0.39, 0.29) is 30.2 Å². The number of carbonyl (C=O) groups is 1. The summed E-state index contributed by atoms with van der Waals surface area (Å²) in [6.45, 7) is 5.67. The number of allylic oxidation sites excluding steroid dienone is 1. The lowest BCUT2D eigenvalue weighted by Crippen LogP contribution is -2.56. The van der Waals surface area contributed by atoms with Gasteiger partial charge in [0.1, 0.15) is 6.10 Å². The summed E-state index contributed by atoms with van der Waals surface area (Å²) in [6, 6.07) is 0. The first-order valence-electron chi connectivity index (χ1n) is 7.30. The van der Waals surface area contributed by atoms with Gasteiger partial charge in [-0.1, -0.05) is 12.2 Å². The van der Waals surface area contributed by atoms with Gasteiger partial charge in [-0.3, -0.25) is 4.79 Å². The van der Waals surface area contributed by atoms with Crippen molar-refractivity contribution in [3.05, 3.63) is 12.2 Å². The lowest BCUT2D eigenvalue weighted by atomic mass is 9.66. The van der Waals surface area contributed by atoms with Crippen molar-refractivity contribution in [3.8, 4) is 0 Å². The minimum Gasteiger partial charge on any atom is -0.456 e. The zero-order valence-electron chi connectivity index (χ0n) is 12.0. The molecule has 110 valence electrons. The van der Waals surface area contributed by atoms with Gasteiger partial charge < -0.3 is 18.9 Å². The maximum atomic E-state index is 12.4. The van der Waals surface area contributed by atoms with Crippen molar-refractivity contribution in [3.63, 3.8) is 0 Å². The highest BCUT2D eigenvalue weighted by Gasteiger charge is 2.64. The molecular weight excluding hydrogens is 260 g/mol. The molecule has 0 unspecified atom stereocenters. The number of hydrogen-bond donors (Lipinski definition) is 0. The molecule has 20 heavy (non-hydrogen) atoms. The maximum absolute atomic E-state index is 12.4. The summed E-state index contributed by atoms with van der Waals surface area (Å²) in [5, 5.41) is 0. The molecular formula is C15H20O5. The Labute approximate surface area is 118 Å². The Morgan fingerprint density at radius 1 is 1.15 bits per heavy atom. The van der Waals surface area contributed by atoms with Gasteiger partial charge >= 0.3 is 5.97 Å². The van der Waals surface area contributed by atoms with Crippen molar-refractivity contribution in [2.45, 2.75) is 64.0 Å². The Morgan fingerprint density at radius 2 is 1.95 bits per heavy atom. The molecule has 0 N–H and O–H groups in total. The van der Waals surface area contributed by atoms with Crippen molar-refractivity contribution >= 4 is 5.97 Å². The second-order valence-electron chi connectivity index (χ2n) is 6.85. The molecule has 6 atom stereocenters. The van der Waals surface area contributed by atoms with E-state index in [0.717, 1.165) is 12.8 Å². The SMILES string of the molecule is CC1(C)O[C@H]2O[C@H]3[C@H](OC(=O)[C@]4(C)CCC=C[C@H]34)[C@H]2O1. The smallest absolute Gasteiger partial charge is 0.312 e. The third-order valence-electron chi connectivity index (χ3n) is 5.00. The third-order valence-corrected chi connectivity index (χ3v) is 5.00. The fourth-order valence-electron chi connectivity index (χ4n) is 3.90. The van der Waals surface area contributed by atoms with E-state index in [9.17, 15) is 4.79 Å². The summed E-state index contributed by atoms with van der Waals surface area (Å²) in [7, 11) is 0. The van der Waals surface area contributed by atoms with Gasteiger partial charge in [-0.15, -0.1) is 0 Å². The van der Waals surface area contributed by atoms with Crippen molar-refractivity contribution in [1.29, 1.82) is 0 Å². The normalized spacial score (nSPS) is 52.1. The molecule has 0 aromatic rings. The highest BCUT2D eigenvalue weighted by atomic mass is 16.8. The van der Waals surface area contributed by atoms with Gasteiger partial charge in [-0.25, -0.2) is 0 Å². The number of carbonyl (C=O) groups excluding carboxylic acids is 1. The van der Waals surface area contributed by atoms with Crippen molar-refractivity contribution in [1.82, 2.24) is 0 Å². The third kappa shape index (κ3) is 1.57. The van der Waals surface area contributed by atoms with Crippen LogP contribution < -0.4 is 0 Å². The molecule has 0 radical (unpaired) electrons. The number of esters is 1. The minimum atomic E-state index is -0.685. The molecule has 0 amide bonds. The van der Waals surface area contributed by atoms with Crippen LogP contribution in [0, 0.1) is 11.3 Å². The quantitative estimate of drug-likeness (QED) is 0.500. The molecule has 5 nitrogen and oxygen atoms in total. The number of hydrogen-bond acceptors (Lipinski definition) is 5. The Balaban J connectivity index is 1.67. The molecule has 1 aliphatic carbocycles. The van der Waals surface area contributed by atoms with Crippen LogP contribution in [0.2, 0.25) is 0 Å². The molecule has 0 aromatic heterocycles. The lowest BCUT2D eigenvalue weighted by Gasteiger charge is -2.45. The second kappa shape index (κ2) is 3.84. The Kier molecular flexibility index (Phi) is 2.46. The Bertz CT molecular complexity index is 485. The second-order valence-corrected chi connectivity index (χ2v) is 6.85. The van der Waals surface area contributed by atoms with E-state index in [1.165, 1.54) is 0 Å². The summed E-state index contributed by atoms with van der Waals surface area (Å²) in [5.41, 5.74) is -0.482. The van der Waals surface area contributed by atoms with Crippen LogP contribution in [-0.4, -0.2) is 36.4 Å². The Hall–Kier alpha value is -0.910. The predicted molar refractivity (Wildman–Crippen MR) is 68.5 cm³/mol. The lowest BCUT2D eigenvalue weighted by molar-refractivity contribution is -0.241. The first-order chi connectivity index (χ1) is 9.41. The topological polar surface area (TPSA) is 54.0 Å². The fourth-order valence-corrected chi connectivity index (χ4v) is 3.90. The summed E-state index contributed by atoms with van der Waals surface area (Å²) in [5.74, 6) is -0.773. The van der Waals surface area contributed by atoms with E-state index in [1.54, 1.807) is 0 Å². The van der Waals surface area contributed by atoms with E-state index in [0.29, 0.717) is 0 Å². The van der Waals surface area contributed by atoms with E-state index < -0.39 is 17.5 Å². The molecule has 0 spiro atoms. The molecule has 3 aliphatic heterocycles. The molecule has 0 bridgehead atoms. The zero-order chi connectivity index (χ0) is 14.1. The van der Waals surface area contributed by atoms with Gasteiger partial charge in [0, 0.05) is 5.92 Å². The number of fused-ring (bicyclic) bond motifs is 5. The Morgan fingerprint density at radius 3 is 2.75 bits per heavy atom. The van der Waals surface area contributed by atoms with Gasteiger partial charge in [-0.05, 0) is 33.6 Å².